The van der Waals surface area contributed by atoms with E-state index in [2.05, 4.69) is 5.32 Å². The molecule has 2 aromatic rings. The van der Waals surface area contributed by atoms with E-state index in [1.165, 1.54) is 16.3 Å². The molecular formula is C25H35N3O5S. The second-order valence-electron chi connectivity index (χ2n) is 8.37. The van der Waals surface area contributed by atoms with E-state index < -0.39 is 16.1 Å². The molecule has 34 heavy (non-hydrogen) atoms. The third kappa shape index (κ3) is 7.21. The smallest absolute Gasteiger partial charge is 0.242 e. The maximum absolute atomic E-state index is 13.2. The Bertz CT molecular complexity index is 1120. The van der Waals surface area contributed by atoms with E-state index in [4.69, 9.17) is 4.74 Å². The number of likely N-dealkylation sites (N-methyl/N-ethyl adjacent to an activating group) is 1. The van der Waals surface area contributed by atoms with Gasteiger partial charge in [-0.2, -0.15) is 0 Å². The topological polar surface area (TPSA) is 96.0 Å². The summed E-state index contributed by atoms with van der Waals surface area (Å²) in [4.78, 5) is 27.0. The Balaban J connectivity index is 2.17. The summed E-state index contributed by atoms with van der Waals surface area (Å²) in [5.74, 6) is 0.159. The number of methoxy groups -OCH3 is 1. The Morgan fingerprint density at radius 1 is 1.09 bits per heavy atom. The van der Waals surface area contributed by atoms with Gasteiger partial charge in [-0.05, 0) is 68.1 Å². The number of carbonyl (C=O) groups is 2. The predicted molar refractivity (Wildman–Crippen MR) is 134 cm³/mol. The van der Waals surface area contributed by atoms with Crippen molar-refractivity contribution < 1.29 is 22.7 Å². The molecule has 1 atom stereocenters. The zero-order valence-electron chi connectivity index (χ0n) is 20.8. The van der Waals surface area contributed by atoms with E-state index in [0.29, 0.717) is 17.9 Å². The average Bonchev–Trinajstić information content (AvgIpc) is 2.80. The minimum Gasteiger partial charge on any atom is -0.497 e. The van der Waals surface area contributed by atoms with Crippen molar-refractivity contribution in [2.75, 3.05) is 31.3 Å². The highest BCUT2D eigenvalue weighted by Gasteiger charge is 2.26. The Labute approximate surface area is 202 Å². The molecular weight excluding hydrogens is 454 g/mol. The molecule has 8 nitrogen and oxygen atoms in total. The third-order valence-electron chi connectivity index (χ3n) is 5.83. The summed E-state index contributed by atoms with van der Waals surface area (Å²) in [5.41, 5.74) is 3.47. The number of rotatable bonds is 11. The van der Waals surface area contributed by atoms with Gasteiger partial charge < -0.3 is 15.0 Å². The molecule has 2 rings (SSSR count). The lowest BCUT2D eigenvalue weighted by Gasteiger charge is -2.29. The Morgan fingerprint density at radius 3 is 2.38 bits per heavy atom. The summed E-state index contributed by atoms with van der Waals surface area (Å²) in [6, 6.07) is 12.1. The lowest BCUT2D eigenvalue weighted by atomic mass is 10.1. The van der Waals surface area contributed by atoms with E-state index >= 15 is 0 Å². The Hall–Kier alpha value is -3.07. The quantitative estimate of drug-likeness (QED) is 0.523. The zero-order valence-corrected chi connectivity index (χ0v) is 21.6. The normalized spacial score (nSPS) is 12.1. The van der Waals surface area contributed by atoms with Crippen LogP contribution in [-0.2, 0) is 26.2 Å². The van der Waals surface area contributed by atoms with Gasteiger partial charge in [0.05, 0.1) is 19.1 Å². The van der Waals surface area contributed by atoms with Gasteiger partial charge in [0.15, 0.2) is 0 Å². The van der Waals surface area contributed by atoms with Crippen molar-refractivity contribution >= 4 is 27.5 Å². The molecule has 0 spiro atoms. The molecule has 0 bridgehead atoms. The van der Waals surface area contributed by atoms with Gasteiger partial charge in [0.1, 0.15) is 11.8 Å². The molecule has 0 aliphatic heterocycles. The molecule has 9 heteroatoms. The van der Waals surface area contributed by atoms with Crippen LogP contribution in [0, 0.1) is 13.8 Å². The maximum atomic E-state index is 13.2. The van der Waals surface area contributed by atoms with Crippen LogP contribution in [0.3, 0.4) is 0 Å². The number of hydrogen-bond donors (Lipinski definition) is 1. The van der Waals surface area contributed by atoms with Crippen LogP contribution in [0.1, 0.15) is 36.5 Å². The van der Waals surface area contributed by atoms with Crippen molar-refractivity contribution in [1.29, 1.82) is 0 Å². The summed E-state index contributed by atoms with van der Waals surface area (Å²) >= 11 is 0. The van der Waals surface area contributed by atoms with Gasteiger partial charge in [-0.25, -0.2) is 8.42 Å². The first kappa shape index (κ1) is 27.2. The fourth-order valence-electron chi connectivity index (χ4n) is 3.64. The highest BCUT2D eigenvalue weighted by molar-refractivity contribution is 7.92. The van der Waals surface area contributed by atoms with Crippen LogP contribution in [0.15, 0.2) is 42.5 Å². The number of benzene rings is 2. The summed E-state index contributed by atoms with van der Waals surface area (Å²) in [6.45, 7) is 5.97. The summed E-state index contributed by atoms with van der Waals surface area (Å²) in [7, 11) is -0.429. The molecule has 0 aromatic heterocycles. The highest BCUT2D eigenvalue weighted by atomic mass is 32.2. The molecule has 0 radical (unpaired) electrons. The van der Waals surface area contributed by atoms with E-state index in [1.807, 2.05) is 50.2 Å². The van der Waals surface area contributed by atoms with Crippen molar-refractivity contribution in [2.45, 2.75) is 46.2 Å². The number of sulfonamides is 1. The van der Waals surface area contributed by atoms with Crippen LogP contribution in [0.5, 0.6) is 5.75 Å². The molecule has 186 valence electrons. The van der Waals surface area contributed by atoms with E-state index in [1.54, 1.807) is 20.1 Å². The number of hydrogen-bond acceptors (Lipinski definition) is 5. The molecule has 0 aliphatic carbocycles. The van der Waals surface area contributed by atoms with Crippen molar-refractivity contribution in [3.63, 3.8) is 0 Å². The van der Waals surface area contributed by atoms with Crippen LogP contribution in [-0.4, -0.2) is 58.1 Å². The number of anilines is 1. The second-order valence-corrected chi connectivity index (χ2v) is 10.3. The zero-order chi connectivity index (χ0) is 25.5. The van der Waals surface area contributed by atoms with Gasteiger partial charge in [-0.3, -0.25) is 13.9 Å². The molecule has 0 unspecified atom stereocenters. The summed E-state index contributed by atoms with van der Waals surface area (Å²) in [5, 5.41) is 2.59. The molecule has 0 heterocycles. The number of aryl methyl sites for hydroxylation is 2. The van der Waals surface area contributed by atoms with Crippen molar-refractivity contribution in [3.05, 3.63) is 59.2 Å². The Morgan fingerprint density at radius 2 is 1.79 bits per heavy atom. The molecule has 2 aromatic carbocycles. The number of ether oxygens (including phenoxy) is 1. The first-order valence-corrected chi connectivity index (χ1v) is 13.0. The molecule has 1 N–H and O–H groups in total. The van der Waals surface area contributed by atoms with Crippen molar-refractivity contribution in [3.8, 4) is 5.75 Å². The minimum atomic E-state index is -3.53. The van der Waals surface area contributed by atoms with Gasteiger partial charge in [0, 0.05) is 26.6 Å². The van der Waals surface area contributed by atoms with Crippen LogP contribution in [0.2, 0.25) is 0 Å². The van der Waals surface area contributed by atoms with Gasteiger partial charge in [0.2, 0.25) is 21.8 Å². The first-order valence-electron chi connectivity index (χ1n) is 11.2. The van der Waals surface area contributed by atoms with E-state index in [0.717, 1.165) is 22.9 Å². The minimum absolute atomic E-state index is 0.0994. The lowest BCUT2D eigenvalue weighted by molar-refractivity contribution is -0.140. The number of amides is 2. The van der Waals surface area contributed by atoms with Crippen molar-refractivity contribution in [2.24, 2.45) is 0 Å². The Kier molecular flexibility index (Phi) is 9.49. The number of carbonyl (C=O) groups excluding carboxylic acids is 2. The molecule has 0 saturated heterocycles. The highest BCUT2D eigenvalue weighted by Crippen LogP contribution is 2.22. The molecule has 0 aliphatic rings. The van der Waals surface area contributed by atoms with Crippen LogP contribution in [0.25, 0.3) is 0 Å². The standard InChI is InChI=1S/C25H35N3O5S/c1-18-12-13-22(15-19(18)2)28(34(6,31)32)14-8-11-24(29)27(20(3)25(30)26-4)17-21-9-7-10-23(16-21)33-5/h7,9-10,12-13,15-16,20H,8,11,14,17H2,1-6H3,(H,26,30)/t20-/m1/s1. The van der Waals surface area contributed by atoms with Gasteiger partial charge >= 0.3 is 0 Å². The fourth-order valence-corrected chi connectivity index (χ4v) is 4.60. The van der Waals surface area contributed by atoms with Gasteiger partial charge in [-0.1, -0.05) is 18.2 Å². The summed E-state index contributed by atoms with van der Waals surface area (Å²) < 4.78 is 31.5. The van der Waals surface area contributed by atoms with Crippen LogP contribution < -0.4 is 14.4 Å². The number of nitrogens with zero attached hydrogens (tertiary/aromatic N) is 2. The predicted octanol–water partition coefficient (Wildman–Crippen LogP) is 3.02. The van der Waals surface area contributed by atoms with E-state index in [9.17, 15) is 18.0 Å². The third-order valence-corrected chi connectivity index (χ3v) is 7.03. The fraction of sp³-hybridized carbons (Fsp3) is 0.440. The largest absolute Gasteiger partial charge is 0.497 e. The second kappa shape index (κ2) is 11.9. The summed E-state index contributed by atoms with van der Waals surface area (Å²) in [6.07, 6.45) is 1.57. The van der Waals surface area contributed by atoms with Gasteiger partial charge in [-0.15, -0.1) is 0 Å². The van der Waals surface area contributed by atoms with Crippen molar-refractivity contribution in [1.82, 2.24) is 10.2 Å². The molecule has 2 amide bonds. The lowest BCUT2D eigenvalue weighted by Crippen LogP contribution is -2.46. The number of nitrogens with one attached hydrogen (secondary N) is 1. The SMILES string of the molecule is CNC(=O)[C@@H](C)N(Cc1cccc(OC)c1)C(=O)CCCN(c1ccc(C)c(C)c1)S(C)(=O)=O. The van der Waals surface area contributed by atoms with E-state index in [-0.39, 0.29) is 31.3 Å². The van der Waals surface area contributed by atoms with Crippen LogP contribution >= 0.6 is 0 Å². The molecule has 0 saturated carbocycles. The molecule has 0 fully saturated rings. The monoisotopic (exact) mass is 489 g/mol. The maximum Gasteiger partial charge on any atom is 0.242 e. The van der Waals surface area contributed by atoms with Crippen LogP contribution in [0.4, 0.5) is 5.69 Å². The van der Waals surface area contributed by atoms with Gasteiger partial charge in [0.25, 0.3) is 0 Å². The first-order chi connectivity index (χ1) is 16.0. The average molecular weight is 490 g/mol.